The molecule has 0 radical (unpaired) electrons. The summed E-state index contributed by atoms with van der Waals surface area (Å²) in [4.78, 5) is 111. The number of likely N-dealkylation sites (tertiary alicyclic amines) is 2. The Labute approximate surface area is 448 Å². The standard InChI is InChI=1S/C57H82N12O7/c1-32(58-10)33(2)62-47(56(4,5)6)54(75)68-30-37(26-45(68)52(73)65-41-24-16-20-35-18-12-14-22-39(35)41)63-50(71)43-28-61-44(29-60-43)51(72)64-38-27-46(53(74)66-42-25-17-21-36-19-13-15-23-40(36)42)69(31-38)55(76)48(57(7,8)9)67-49(70)34(3)59-11/h12-15,18-19,22-23,28-29,32-34,37-38,41-42,45-48,58-59,62H,16-17,20-21,24-27,30-31H2,1-11H3,(H,63,71)(H,64,72)(H,65,73)(H,66,74)(H,67,70)/t32-,33?,34-,37-,38?,41+,42+,45-,46-,47+,48+/m0/s1. The Bertz CT molecular complexity index is 2600. The van der Waals surface area contributed by atoms with E-state index in [1.54, 1.807) is 18.9 Å². The predicted molar refractivity (Wildman–Crippen MR) is 290 cm³/mol. The Hall–Kier alpha value is -6.31. The fourth-order valence-electron chi connectivity index (χ4n) is 11.0. The van der Waals surface area contributed by atoms with Gasteiger partial charge in [0.1, 0.15) is 29.5 Å². The summed E-state index contributed by atoms with van der Waals surface area (Å²) < 4.78 is 0. The molecule has 7 amide bonds. The van der Waals surface area contributed by atoms with Crippen molar-refractivity contribution in [1.82, 2.24) is 62.3 Å². The lowest BCUT2D eigenvalue weighted by Crippen LogP contribution is -2.60. The van der Waals surface area contributed by atoms with Crippen LogP contribution in [0.3, 0.4) is 0 Å². The van der Waals surface area contributed by atoms with Crippen molar-refractivity contribution in [1.29, 1.82) is 0 Å². The number of aryl methyl sites for hydroxylation is 2. The number of amides is 7. The van der Waals surface area contributed by atoms with Gasteiger partial charge in [0.15, 0.2) is 0 Å². The summed E-state index contributed by atoms with van der Waals surface area (Å²) in [6, 6.07) is 10.2. The smallest absolute Gasteiger partial charge is 0.271 e. The van der Waals surface area contributed by atoms with Gasteiger partial charge in [-0.2, -0.15) is 0 Å². The first-order valence-electron chi connectivity index (χ1n) is 27.2. The maximum atomic E-state index is 14.8. The van der Waals surface area contributed by atoms with Crippen LogP contribution in [0.15, 0.2) is 60.9 Å². The average Bonchev–Trinajstić information content (AvgIpc) is 4.03. The van der Waals surface area contributed by atoms with E-state index in [9.17, 15) is 33.6 Å². The molecule has 19 nitrogen and oxygen atoms in total. The molecular weight excluding hydrogens is 965 g/mol. The number of likely N-dealkylation sites (N-methyl/N-ethyl adjacent to an activating group) is 2. The zero-order valence-corrected chi connectivity index (χ0v) is 46.3. The zero-order valence-electron chi connectivity index (χ0n) is 46.3. The van der Waals surface area contributed by atoms with Crippen LogP contribution < -0.4 is 42.5 Å². The maximum Gasteiger partial charge on any atom is 0.271 e. The van der Waals surface area contributed by atoms with E-state index in [2.05, 4.69) is 64.6 Å². The van der Waals surface area contributed by atoms with Crippen LogP contribution in [-0.2, 0) is 36.8 Å². The van der Waals surface area contributed by atoms with Gasteiger partial charge in [0, 0.05) is 37.3 Å². The van der Waals surface area contributed by atoms with Crippen molar-refractivity contribution in [2.45, 2.75) is 180 Å². The van der Waals surface area contributed by atoms with Gasteiger partial charge in [-0.15, -0.1) is 0 Å². The number of rotatable bonds is 17. The molecule has 76 heavy (non-hydrogen) atoms. The molecule has 19 heteroatoms. The van der Waals surface area contributed by atoms with E-state index in [0.29, 0.717) is 0 Å². The van der Waals surface area contributed by atoms with E-state index in [4.69, 9.17) is 0 Å². The van der Waals surface area contributed by atoms with Gasteiger partial charge in [0.2, 0.25) is 29.5 Å². The summed E-state index contributed by atoms with van der Waals surface area (Å²) in [6.07, 6.45) is 7.79. The second-order valence-corrected chi connectivity index (χ2v) is 23.6. The van der Waals surface area contributed by atoms with Crippen LogP contribution in [0.25, 0.3) is 0 Å². The van der Waals surface area contributed by atoms with E-state index in [1.165, 1.54) is 22.9 Å². The molecule has 412 valence electrons. The Morgan fingerprint density at radius 1 is 0.579 bits per heavy atom. The fourth-order valence-corrected chi connectivity index (χ4v) is 11.0. The van der Waals surface area contributed by atoms with Crippen molar-refractivity contribution in [3.05, 3.63) is 94.6 Å². The highest BCUT2D eigenvalue weighted by molar-refractivity contribution is 5.97. The number of benzene rings is 2. The van der Waals surface area contributed by atoms with Crippen molar-refractivity contribution in [2.75, 3.05) is 27.2 Å². The van der Waals surface area contributed by atoms with Crippen LogP contribution in [0.4, 0.5) is 0 Å². The van der Waals surface area contributed by atoms with Crippen molar-refractivity contribution < 1.29 is 33.6 Å². The first-order chi connectivity index (χ1) is 36.0. The molecule has 2 aliphatic heterocycles. The molecule has 3 aromatic rings. The Morgan fingerprint density at radius 2 is 1.01 bits per heavy atom. The van der Waals surface area contributed by atoms with E-state index in [-0.39, 0.29) is 85.1 Å². The van der Waals surface area contributed by atoms with E-state index in [1.807, 2.05) is 98.8 Å². The minimum atomic E-state index is -0.991. The molecular formula is C57H82N12O7. The number of aromatic nitrogens is 2. The topological polar surface area (TPSA) is 248 Å². The lowest BCUT2D eigenvalue weighted by atomic mass is 9.84. The van der Waals surface area contributed by atoms with Crippen LogP contribution in [0.1, 0.15) is 156 Å². The molecule has 2 fully saturated rings. The van der Waals surface area contributed by atoms with Crippen molar-refractivity contribution >= 4 is 41.4 Å². The molecule has 2 saturated heterocycles. The summed E-state index contributed by atoms with van der Waals surface area (Å²) >= 11 is 0. The van der Waals surface area contributed by atoms with Crippen LogP contribution >= 0.6 is 0 Å². The molecule has 2 aromatic carbocycles. The molecule has 0 spiro atoms. The highest BCUT2D eigenvalue weighted by Crippen LogP contribution is 2.34. The summed E-state index contributed by atoms with van der Waals surface area (Å²) in [5.41, 5.74) is 3.03. The zero-order chi connectivity index (χ0) is 55.2. The molecule has 4 aliphatic rings. The first-order valence-corrected chi connectivity index (χ1v) is 27.2. The summed E-state index contributed by atoms with van der Waals surface area (Å²) in [5.74, 6) is -2.92. The van der Waals surface area contributed by atoms with E-state index >= 15 is 0 Å². The van der Waals surface area contributed by atoms with Crippen molar-refractivity contribution in [2.24, 2.45) is 10.8 Å². The third-order valence-corrected chi connectivity index (χ3v) is 15.9. The highest BCUT2D eigenvalue weighted by Gasteiger charge is 2.48. The lowest BCUT2D eigenvalue weighted by Gasteiger charge is -2.38. The Balaban J connectivity index is 1.06. The quantitative estimate of drug-likeness (QED) is 0.0970. The number of carbonyl (C=O) groups excluding carboxylic acids is 7. The normalized spacial score (nSPS) is 23.4. The number of fused-ring (bicyclic) bond motifs is 2. The van der Waals surface area contributed by atoms with Gasteiger partial charge in [-0.1, -0.05) is 90.1 Å². The van der Waals surface area contributed by atoms with E-state index in [0.717, 1.165) is 55.2 Å². The predicted octanol–water partition coefficient (Wildman–Crippen LogP) is 3.40. The SMILES string of the molecule is CN[C@@H](C)C(=O)N[C@H](C(=O)N1CC(NC(=O)c2cnc(C(=O)N[C@H]3C[C@@H](C(=O)N[C@@H]4CCCc5ccccc54)N(C(=O)[C@@H](NC(C)[C@H](C)NC)C(C)(C)C)C3)cn2)C[C@H]1C(=O)N[C@@H]1CCCc2ccccc21)C(C)(C)C. The Kier molecular flexibility index (Phi) is 18.4. The third-order valence-electron chi connectivity index (χ3n) is 15.9. The molecule has 2 aliphatic carbocycles. The van der Waals surface area contributed by atoms with Gasteiger partial charge in [-0.05, 0) is 119 Å². The number of nitrogens with one attached hydrogen (secondary N) is 8. The largest absolute Gasteiger partial charge is 0.347 e. The van der Waals surface area contributed by atoms with Crippen LogP contribution in [0.5, 0.6) is 0 Å². The average molecular weight is 1050 g/mol. The monoisotopic (exact) mass is 1050 g/mol. The number of nitrogens with zero attached hydrogens (tertiary/aromatic N) is 4. The molecule has 0 bridgehead atoms. The molecule has 3 heterocycles. The second kappa shape index (κ2) is 24.3. The molecule has 8 N–H and O–H groups in total. The van der Waals surface area contributed by atoms with Gasteiger partial charge in [0.25, 0.3) is 11.8 Å². The number of hydrogen-bond acceptors (Lipinski definition) is 12. The maximum absolute atomic E-state index is 14.8. The van der Waals surface area contributed by atoms with Gasteiger partial charge in [-0.25, -0.2) is 9.97 Å². The minimum Gasteiger partial charge on any atom is -0.347 e. The Morgan fingerprint density at radius 3 is 1.42 bits per heavy atom. The number of carbonyl (C=O) groups is 7. The van der Waals surface area contributed by atoms with Crippen molar-refractivity contribution in [3.8, 4) is 0 Å². The van der Waals surface area contributed by atoms with Gasteiger partial charge in [-0.3, -0.25) is 33.6 Å². The molecule has 2 unspecified atom stereocenters. The summed E-state index contributed by atoms with van der Waals surface area (Å²) in [7, 11) is 3.52. The van der Waals surface area contributed by atoms with E-state index < -0.39 is 70.8 Å². The summed E-state index contributed by atoms with van der Waals surface area (Å²) in [6.45, 7) is 17.3. The van der Waals surface area contributed by atoms with Crippen LogP contribution in [0.2, 0.25) is 0 Å². The molecule has 7 rings (SSSR count). The molecule has 1 aromatic heterocycles. The molecule has 11 atom stereocenters. The number of hydrogen-bond donors (Lipinski definition) is 8. The van der Waals surface area contributed by atoms with Gasteiger partial charge >= 0.3 is 0 Å². The van der Waals surface area contributed by atoms with Gasteiger partial charge < -0.3 is 52.3 Å². The fraction of sp³-hybridized carbons (Fsp3) is 0.596. The first kappa shape index (κ1) is 57.4. The second-order valence-electron chi connectivity index (χ2n) is 23.6. The van der Waals surface area contributed by atoms with Crippen LogP contribution in [-0.4, -0.2) is 143 Å². The minimum absolute atomic E-state index is 0.0175. The third kappa shape index (κ3) is 13.4. The molecule has 0 saturated carbocycles. The van der Waals surface area contributed by atoms with Gasteiger partial charge in [0.05, 0.1) is 36.6 Å². The van der Waals surface area contributed by atoms with Crippen LogP contribution in [0, 0.1) is 10.8 Å². The van der Waals surface area contributed by atoms with Crippen molar-refractivity contribution in [3.63, 3.8) is 0 Å². The lowest BCUT2D eigenvalue weighted by molar-refractivity contribution is -0.144. The summed E-state index contributed by atoms with van der Waals surface area (Å²) in [5, 5.41) is 25.0. The highest BCUT2D eigenvalue weighted by atomic mass is 16.2.